The minimum absolute atomic E-state index is 0.0912. The van der Waals surface area contributed by atoms with Crippen LogP contribution in [0, 0.1) is 5.82 Å². The summed E-state index contributed by atoms with van der Waals surface area (Å²) in [5.41, 5.74) is -0.275. The van der Waals surface area contributed by atoms with Crippen molar-refractivity contribution in [1.82, 2.24) is 24.8 Å². The number of rotatable bonds is 17. The van der Waals surface area contributed by atoms with E-state index in [1.165, 1.54) is 35.9 Å². The number of nitrogens with zero attached hydrogens (tertiary/aromatic N) is 5. The highest BCUT2D eigenvalue weighted by Gasteiger charge is 2.37. The van der Waals surface area contributed by atoms with Crippen LogP contribution in [0.4, 0.5) is 21.0 Å². The summed E-state index contributed by atoms with van der Waals surface area (Å²) >= 11 is 1.32. The number of benzene rings is 2. The van der Waals surface area contributed by atoms with Crippen molar-refractivity contribution in [3.63, 3.8) is 0 Å². The van der Waals surface area contributed by atoms with Crippen molar-refractivity contribution in [2.24, 2.45) is 0 Å². The van der Waals surface area contributed by atoms with Gasteiger partial charge in [-0.05, 0) is 72.2 Å². The molecule has 54 heavy (non-hydrogen) atoms. The molecular weight excluding hydrogens is 736 g/mol. The van der Waals surface area contributed by atoms with Crippen LogP contribution in [-0.2, 0) is 29.4 Å². The maximum atomic E-state index is 13.5. The Kier molecular flexibility index (Phi) is 14.0. The van der Waals surface area contributed by atoms with Crippen LogP contribution in [0.2, 0.25) is 0 Å². The molecule has 3 heterocycles. The molecule has 1 fully saturated rings. The molecule has 1 aliphatic heterocycles. The highest BCUT2D eigenvalue weighted by Crippen LogP contribution is 2.55. The Balaban J connectivity index is 1.07. The lowest BCUT2D eigenvalue weighted by atomic mass is 10.2. The molecule has 1 amide bonds. The number of hydrogen-bond acceptors (Lipinski definition) is 14. The Hall–Kier alpha value is -3.76. The molecule has 0 unspecified atom stereocenters. The Morgan fingerprint density at radius 2 is 1.63 bits per heavy atom. The number of ether oxygens (including phenoxy) is 2. The topological polar surface area (TPSA) is 149 Å². The number of methoxy groups -OCH3 is 1. The third-order valence-electron chi connectivity index (χ3n) is 7.91. The standard InChI is InChI=1S/C37H51FN7O7PS/c1-36(2,3)51-53(47,52-37(4,5)6)50-19-17-45-15-13-44(14-16-45)12-9-18-49-32-23-30-29(22-31(32)48-7)34(41-25-40-30)43-35-39-24-28(54-35)21-33(46)42-27-11-8-10-26(38)20-27/h8,10-11,20,22-25H,9,12-19,21H2,1-7H3,(H,42,46)(H,39,40,41,43). The van der Waals surface area contributed by atoms with Gasteiger partial charge in [-0.15, -0.1) is 11.3 Å². The average Bonchev–Trinajstić information content (AvgIpc) is 3.51. The van der Waals surface area contributed by atoms with E-state index in [0.717, 1.165) is 49.4 Å². The van der Waals surface area contributed by atoms with E-state index in [2.05, 4.69) is 35.4 Å². The molecule has 0 saturated carbocycles. The largest absolute Gasteiger partial charge is 0.493 e. The normalized spacial score (nSPS) is 14.7. The second-order valence-electron chi connectivity index (χ2n) is 14.8. The van der Waals surface area contributed by atoms with Gasteiger partial charge in [0.05, 0.1) is 43.5 Å². The molecule has 4 aromatic rings. The van der Waals surface area contributed by atoms with Gasteiger partial charge in [0.15, 0.2) is 16.6 Å². The van der Waals surface area contributed by atoms with Crippen molar-refractivity contribution in [2.45, 2.75) is 65.6 Å². The maximum Gasteiger partial charge on any atom is 0.475 e. The Morgan fingerprint density at radius 3 is 2.30 bits per heavy atom. The van der Waals surface area contributed by atoms with Crippen molar-refractivity contribution in [3.05, 3.63) is 59.6 Å². The number of aromatic nitrogens is 3. The number of carbonyl (C=O) groups excluding carboxylic acids is 1. The van der Waals surface area contributed by atoms with Gasteiger partial charge in [-0.3, -0.25) is 23.3 Å². The van der Waals surface area contributed by atoms with E-state index < -0.39 is 24.8 Å². The number of hydrogen-bond donors (Lipinski definition) is 2. The lowest BCUT2D eigenvalue weighted by Gasteiger charge is -2.35. The van der Waals surface area contributed by atoms with Gasteiger partial charge in [-0.2, -0.15) is 0 Å². The molecule has 0 aliphatic carbocycles. The van der Waals surface area contributed by atoms with Crippen LogP contribution in [0.5, 0.6) is 11.5 Å². The molecular formula is C37H51FN7O7PS. The molecule has 5 rings (SSSR count). The van der Waals surface area contributed by atoms with Crippen LogP contribution in [0.3, 0.4) is 0 Å². The third-order valence-corrected chi connectivity index (χ3v) is 10.9. The first-order valence-corrected chi connectivity index (χ1v) is 20.2. The summed E-state index contributed by atoms with van der Waals surface area (Å²) in [6.45, 7) is 16.8. The minimum atomic E-state index is -3.73. The summed E-state index contributed by atoms with van der Waals surface area (Å²) in [7, 11) is -2.14. The van der Waals surface area contributed by atoms with Gasteiger partial charge < -0.3 is 25.0 Å². The number of halogens is 1. The van der Waals surface area contributed by atoms with Gasteiger partial charge in [0, 0.05) is 67.5 Å². The third kappa shape index (κ3) is 12.9. The highest BCUT2D eigenvalue weighted by molar-refractivity contribution is 7.48. The number of piperazine rings is 1. The summed E-state index contributed by atoms with van der Waals surface area (Å²) < 4.78 is 55.8. The molecule has 17 heteroatoms. The molecule has 2 aromatic heterocycles. The zero-order chi connectivity index (χ0) is 38.9. The highest BCUT2D eigenvalue weighted by atomic mass is 32.1. The van der Waals surface area contributed by atoms with Gasteiger partial charge in [0.25, 0.3) is 0 Å². The Labute approximate surface area is 320 Å². The van der Waals surface area contributed by atoms with Gasteiger partial charge in [0.2, 0.25) is 5.91 Å². The molecule has 0 radical (unpaired) electrons. The van der Waals surface area contributed by atoms with Gasteiger partial charge >= 0.3 is 7.82 Å². The zero-order valence-corrected chi connectivity index (χ0v) is 33.7. The second-order valence-corrected chi connectivity index (χ2v) is 17.4. The lowest BCUT2D eigenvalue weighted by Crippen LogP contribution is -2.47. The lowest BCUT2D eigenvalue weighted by molar-refractivity contribution is -0.115. The molecule has 2 N–H and O–H groups in total. The van der Waals surface area contributed by atoms with E-state index in [4.69, 9.17) is 23.0 Å². The van der Waals surface area contributed by atoms with E-state index >= 15 is 0 Å². The Bertz CT molecular complexity index is 1890. The van der Waals surface area contributed by atoms with E-state index in [1.807, 2.05) is 53.7 Å². The summed E-state index contributed by atoms with van der Waals surface area (Å²) in [5, 5.41) is 7.21. The van der Waals surface area contributed by atoms with Gasteiger partial charge in [-0.25, -0.2) is 23.9 Å². The summed E-state index contributed by atoms with van der Waals surface area (Å²) in [4.78, 5) is 31.2. The van der Waals surface area contributed by atoms with E-state index in [9.17, 15) is 13.8 Å². The summed E-state index contributed by atoms with van der Waals surface area (Å²) in [5.74, 6) is 0.978. The molecule has 1 saturated heterocycles. The van der Waals surface area contributed by atoms with Crippen LogP contribution < -0.4 is 20.1 Å². The molecule has 0 spiro atoms. The maximum absolute atomic E-state index is 13.5. The van der Waals surface area contributed by atoms with Crippen molar-refractivity contribution in [1.29, 1.82) is 0 Å². The van der Waals surface area contributed by atoms with Crippen molar-refractivity contribution < 1.29 is 36.8 Å². The predicted octanol–water partition coefficient (Wildman–Crippen LogP) is 7.30. The minimum Gasteiger partial charge on any atom is -0.493 e. The quantitative estimate of drug-likeness (QED) is 0.0815. The van der Waals surface area contributed by atoms with Crippen molar-refractivity contribution in [3.8, 4) is 11.5 Å². The van der Waals surface area contributed by atoms with Gasteiger partial charge in [-0.1, -0.05) is 6.07 Å². The number of anilines is 3. The molecule has 294 valence electrons. The van der Waals surface area contributed by atoms with Gasteiger partial charge in [0.1, 0.15) is 18.0 Å². The van der Waals surface area contributed by atoms with E-state index in [1.54, 1.807) is 19.4 Å². The fourth-order valence-corrected chi connectivity index (χ4v) is 8.24. The molecule has 0 atom stereocenters. The number of thiazole rings is 1. The fourth-order valence-electron chi connectivity index (χ4n) is 5.64. The van der Waals surface area contributed by atoms with Crippen LogP contribution in [0.25, 0.3) is 10.9 Å². The number of phosphoric ester groups is 1. The second kappa shape index (κ2) is 18.2. The number of nitrogens with one attached hydrogen (secondary N) is 2. The number of carbonyl (C=O) groups is 1. The summed E-state index contributed by atoms with van der Waals surface area (Å²) in [6.07, 6.45) is 4.00. The van der Waals surface area contributed by atoms with E-state index in [0.29, 0.717) is 46.8 Å². The number of amides is 1. The number of phosphoric acid groups is 1. The SMILES string of the molecule is COc1cc2c(Nc3ncc(CC(=O)Nc4cccc(F)c4)s3)ncnc2cc1OCCCN1CCN(CCOP(=O)(OC(C)(C)C)OC(C)(C)C)CC1. The van der Waals surface area contributed by atoms with Crippen LogP contribution >= 0.6 is 19.2 Å². The average molecular weight is 788 g/mol. The first-order valence-electron chi connectivity index (χ1n) is 17.9. The summed E-state index contributed by atoms with van der Waals surface area (Å²) in [6, 6.07) is 9.43. The predicted molar refractivity (Wildman–Crippen MR) is 208 cm³/mol. The monoisotopic (exact) mass is 787 g/mol. The van der Waals surface area contributed by atoms with Crippen LogP contribution in [0.15, 0.2) is 48.9 Å². The molecule has 1 aliphatic rings. The zero-order valence-electron chi connectivity index (χ0n) is 32.0. The van der Waals surface area contributed by atoms with Crippen LogP contribution in [-0.4, -0.2) is 101 Å². The number of fused-ring (bicyclic) bond motifs is 1. The fraction of sp³-hybridized carbons (Fsp3) is 0.514. The molecule has 2 aromatic carbocycles. The first-order chi connectivity index (χ1) is 25.6. The van der Waals surface area contributed by atoms with Crippen LogP contribution in [0.1, 0.15) is 52.8 Å². The molecule has 0 bridgehead atoms. The smallest absolute Gasteiger partial charge is 0.475 e. The van der Waals surface area contributed by atoms with E-state index in [-0.39, 0.29) is 18.9 Å². The first kappa shape index (κ1) is 41.4. The Morgan fingerprint density at radius 1 is 0.926 bits per heavy atom. The van der Waals surface area contributed by atoms with Crippen molar-refractivity contribution in [2.75, 3.05) is 70.2 Å². The van der Waals surface area contributed by atoms with Crippen molar-refractivity contribution >= 4 is 52.6 Å². The molecule has 14 nitrogen and oxygen atoms in total.